The summed E-state index contributed by atoms with van der Waals surface area (Å²) in [6.07, 6.45) is 3.66. The van der Waals surface area contributed by atoms with Gasteiger partial charge in [-0.3, -0.25) is 9.59 Å². The number of Topliss-reactive ketones (excluding diaryl/α,β-unsaturated/α-hetero) is 1. The zero-order valence-electron chi connectivity index (χ0n) is 7.34. The average molecular weight is 170 g/mol. The summed E-state index contributed by atoms with van der Waals surface area (Å²) in [4.78, 5) is 21.5. The van der Waals surface area contributed by atoms with Crippen LogP contribution in [0.1, 0.15) is 25.7 Å². The lowest BCUT2D eigenvalue weighted by atomic mass is 10.1. The van der Waals surface area contributed by atoms with E-state index in [4.69, 9.17) is 0 Å². The van der Waals surface area contributed by atoms with E-state index in [1.165, 1.54) is 7.11 Å². The fraction of sp³-hybridized carbons (Fsp3) is 0.556. The van der Waals surface area contributed by atoms with Gasteiger partial charge in [-0.25, -0.2) is 0 Å². The van der Waals surface area contributed by atoms with Gasteiger partial charge >= 0.3 is 5.97 Å². The molecule has 0 amide bonds. The molecule has 0 aromatic rings. The SMILES string of the molecule is C=CCCCC(=O)CC(=O)OC. The van der Waals surface area contributed by atoms with E-state index in [0.29, 0.717) is 6.42 Å². The van der Waals surface area contributed by atoms with Crippen molar-refractivity contribution in [1.82, 2.24) is 0 Å². The first kappa shape index (κ1) is 10.9. The van der Waals surface area contributed by atoms with E-state index >= 15 is 0 Å². The van der Waals surface area contributed by atoms with Crippen LogP contribution in [0.25, 0.3) is 0 Å². The predicted octanol–water partition coefficient (Wildman–Crippen LogP) is 1.47. The maximum Gasteiger partial charge on any atom is 0.313 e. The van der Waals surface area contributed by atoms with Crippen molar-refractivity contribution < 1.29 is 14.3 Å². The average Bonchev–Trinajstić information content (AvgIpc) is 2.05. The van der Waals surface area contributed by atoms with Gasteiger partial charge in [0.1, 0.15) is 12.2 Å². The number of carbonyl (C=O) groups excluding carboxylic acids is 2. The molecule has 0 saturated heterocycles. The lowest BCUT2D eigenvalue weighted by Gasteiger charge is -1.97. The Morgan fingerprint density at radius 1 is 1.50 bits per heavy atom. The number of allylic oxidation sites excluding steroid dienone is 1. The van der Waals surface area contributed by atoms with Gasteiger partial charge in [0, 0.05) is 6.42 Å². The van der Waals surface area contributed by atoms with Crippen LogP contribution in [-0.4, -0.2) is 18.9 Å². The molecule has 0 aromatic carbocycles. The van der Waals surface area contributed by atoms with Crippen molar-refractivity contribution in [3.63, 3.8) is 0 Å². The second-order valence-corrected chi connectivity index (χ2v) is 2.47. The smallest absolute Gasteiger partial charge is 0.313 e. The summed E-state index contributed by atoms with van der Waals surface area (Å²) in [5.41, 5.74) is 0. The van der Waals surface area contributed by atoms with Crippen molar-refractivity contribution in [3.8, 4) is 0 Å². The number of ether oxygens (including phenoxy) is 1. The minimum Gasteiger partial charge on any atom is -0.469 e. The number of hydrogen-bond acceptors (Lipinski definition) is 3. The molecule has 0 aliphatic heterocycles. The molecule has 3 nitrogen and oxygen atoms in total. The standard InChI is InChI=1S/C9H14O3/c1-3-4-5-6-8(10)7-9(11)12-2/h3H,1,4-7H2,2H3. The van der Waals surface area contributed by atoms with Gasteiger partial charge in [0.05, 0.1) is 7.11 Å². The molecule has 0 fully saturated rings. The Morgan fingerprint density at radius 2 is 2.17 bits per heavy atom. The first-order valence-corrected chi connectivity index (χ1v) is 3.90. The Kier molecular flexibility index (Phi) is 5.97. The van der Waals surface area contributed by atoms with E-state index < -0.39 is 5.97 Å². The molecule has 0 aliphatic rings. The van der Waals surface area contributed by atoms with Crippen LogP contribution in [0.5, 0.6) is 0 Å². The van der Waals surface area contributed by atoms with Crippen LogP contribution in [-0.2, 0) is 14.3 Å². The van der Waals surface area contributed by atoms with E-state index in [1.807, 2.05) is 0 Å². The molecule has 0 aliphatic carbocycles. The van der Waals surface area contributed by atoms with Gasteiger partial charge in [-0.15, -0.1) is 6.58 Å². The van der Waals surface area contributed by atoms with E-state index in [1.54, 1.807) is 6.08 Å². The number of carbonyl (C=O) groups is 2. The number of hydrogen-bond donors (Lipinski definition) is 0. The normalized spacial score (nSPS) is 9.08. The molecule has 0 saturated carbocycles. The van der Waals surface area contributed by atoms with Gasteiger partial charge in [-0.05, 0) is 12.8 Å². The number of unbranched alkanes of at least 4 members (excludes halogenated alkanes) is 1. The Balaban J connectivity index is 3.46. The van der Waals surface area contributed by atoms with Crippen molar-refractivity contribution in [1.29, 1.82) is 0 Å². The van der Waals surface area contributed by atoms with Crippen molar-refractivity contribution in [2.24, 2.45) is 0 Å². The summed E-state index contributed by atoms with van der Waals surface area (Å²) in [5, 5.41) is 0. The Hall–Kier alpha value is -1.12. The number of rotatable bonds is 6. The van der Waals surface area contributed by atoms with Gasteiger partial charge in [-0.1, -0.05) is 6.08 Å². The molecule has 0 aromatic heterocycles. The van der Waals surface area contributed by atoms with Crippen molar-refractivity contribution >= 4 is 11.8 Å². The van der Waals surface area contributed by atoms with Crippen LogP contribution in [0.3, 0.4) is 0 Å². The molecule has 0 atom stereocenters. The fourth-order valence-corrected chi connectivity index (χ4v) is 0.765. The third-order valence-corrected chi connectivity index (χ3v) is 1.43. The van der Waals surface area contributed by atoms with Crippen LogP contribution in [0.4, 0.5) is 0 Å². The molecular weight excluding hydrogens is 156 g/mol. The van der Waals surface area contributed by atoms with E-state index in [2.05, 4.69) is 11.3 Å². The molecule has 0 N–H and O–H groups in total. The Bertz CT molecular complexity index is 173. The Morgan fingerprint density at radius 3 is 2.67 bits per heavy atom. The lowest BCUT2D eigenvalue weighted by molar-refractivity contribution is -0.143. The molecule has 0 heterocycles. The second-order valence-electron chi connectivity index (χ2n) is 2.47. The molecule has 0 unspecified atom stereocenters. The maximum atomic E-state index is 11.0. The number of ketones is 1. The Labute approximate surface area is 72.4 Å². The van der Waals surface area contributed by atoms with Gasteiger partial charge in [-0.2, -0.15) is 0 Å². The monoisotopic (exact) mass is 170 g/mol. The third-order valence-electron chi connectivity index (χ3n) is 1.43. The molecule has 0 radical (unpaired) electrons. The second kappa shape index (κ2) is 6.58. The number of methoxy groups -OCH3 is 1. The van der Waals surface area contributed by atoms with Crippen molar-refractivity contribution in [3.05, 3.63) is 12.7 Å². The highest BCUT2D eigenvalue weighted by atomic mass is 16.5. The summed E-state index contributed by atoms with van der Waals surface area (Å²) in [6.45, 7) is 3.53. The minimum atomic E-state index is -0.460. The molecule has 0 rings (SSSR count). The topological polar surface area (TPSA) is 43.4 Å². The summed E-state index contributed by atoms with van der Waals surface area (Å²) < 4.78 is 4.35. The zero-order chi connectivity index (χ0) is 9.40. The highest BCUT2D eigenvalue weighted by molar-refractivity contribution is 5.95. The largest absolute Gasteiger partial charge is 0.469 e. The van der Waals surface area contributed by atoms with Crippen LogP contribution < -0.4 is 0 Å². The first-order chi connectivity index (χ1) is 5.70. The van der Waals surface area contributed by atoms with Crippen LogP contribution in [0.2, 0.25) is 0 Å². The van der Waals surface area contributed by atoms with Crippen LogP contribution in [0.15, 0.2) is 12.7 Å². The lowest BCUT2D eigenvalue weighted by Crippen LogP contribution is -2.08. The molecular formula is C9H14O3. The molecule has 68 valence electrons. The van der Waals surface area contributed by atoms with Crippen LogP contribution in [0, 0.1) is 0 Å². The fourth-order valence-electron chi connectivity index (χ4n) is 0.765. The maximum absolute atomic E-state index is 11.0. The molecule has 3 heteroatoms. The number of esters is 1. The van der Waals surface area contributed by atoms with E-state index in [-0.39, 0.29) is 12.2 Å². The van der Waals surface area contributed by atoms with Gasteiger partial charge in [0.25, 0.3) is 0 Å². The summed E-state index contributed by atoms with van der Waals surface area (Å²) in [6, 6.07) is 0. The summed E-state index contributed by atoms with van der Waals surface area (Å²) in [7, 11) is 1.28. The molecule has 0 spiro atoms. The van der Waals surface area contributed by atoms with Crippen molar-refractivity contribution in [2.45, 2.75) is 25.7 Å². The molecule has 12 heavy (non-hydrogen) atoms. The van der Waals surface area contributed by atoms with Gasteiger partial charge < -0.3 is 4.74 Å². The summed E-state index contributed by atoms with van der Waals surface area (Å²) >= 11 is 0. The third kappa shape index (κ3) is 5.65. The van der Waals surface area contributed by atoms with Gasteiger partial charge in [0.2, 0.25) is 0 Å². The van der Waals surface area contributed by atoms with E-state index in [9.17, 15) is 9.59 Å². The van der Waals surface area contributed by atoms with E-state index in [0.717, 1.165) is 12.8 Å². The van der Waals surface area contributed by atoms with Crippen molar-refractivity contribution in [2.75, 3.05) is 7.11 Å². The highest BCUT2D eigenvalue weighted by Crippen LogP contribution is 2.00. The molecule has 0 bridgehead atoms. The van der Waals surface area contributed by atoms with Gasteiger partial charge in [0.15, 0.2) is 0 Å². The van der Waals surface area contributed by atoms with Crippen LogP contribution >= 0.6 is 0 Å². The zero-order valence-corrected chi connectivity index (χ0v) is 7.34. The quantitative estimate of drug-likeness (QED) is 0.262. The first-order valence-electron chi connectivity index (χ1n) is 3.90. The highest BCUT2D eigenvalue weighted by Gasteiger charge is 2.07. The summed E-state index contributed by atoms with van der Waals surface area (Å²) in [5.74, 6) is -0.526. The predicted molar refractivity (Wildman–Crippen MR) is 45.7 cm³/mol. The minimum absolute atomic E-state index is 0.0660.